The number of aryl methyl sites for hydroxylation is 2. The van der Waals surface area contributed by atoms with Crippen molar-refractivity contribution in [2.75, 3.05) is 13.1 Å². The lowest BCUT2D eigenvalue weighted by Crippen LogP contribution is -2.27. The molecule has 2 aromatic rings. The molecule has 3 rings (SSSR count). The number of aromatic amines is 1. The molecule has 18 heavy (non-hydrogen) atoms. The van der Waals surface area contributed by atoms with Gasteiger partial charge in [-0.15, -0.1) is 0 Å². The number of rotatable bonds is 1. The molecule has 0 aromatic carbocycles. The molecule has 96 valence electrons. The standard InChI is InChI=1S/C12H17N5O/c1-7-14-9(8-3-5-13-6-4-8)10-11(15-7)17(2)12(18)16-10/h8,13H,3-6H2,1-2H3,(H,16,18). The molecule has 0 amide bonds. The lowest BCUT2D eigenvalue weighted by Gasteiger charge is -2.22. The molecular weight excluding hydrogens is 230 g/mol. The molecule has 1 saturated heterocycles. The van der Waals surface area contributed by atoms with E-state index in [1.165, 1.54) is 0 Å². The molecule has 0 atom stereocenters. The molecule has 6 heteroatoms. The van der Waals surface area contributed by atoms with Crippen molar-refractivity contribution < 1.29 is 0 Å². The fourth-order valence-electron chi connectivity index (χ4n) is 2.62. The van der Waals surface area contributed by atoms with Gasteiger partial charge in [0, 0.05) is 13.0 Å². The molecule has 0 bridgehead atoms. The maximum absolute atomic E-state index is 11.7. The van der Waals surface area contributed by atoms with E-state index < -0.39 is 0 Å². The summed E-state index contributed by atoms with van der Waals surface area (Å²) in [6.45, 7) is 3.89. The molecule has 6 nitrogen and oxygen atoms in total. The van der Waals surface area contributed by atoms with Crippen molar-refractivity contribution in [1.82, 2.24) is 24.8 Å². The summed E-state index contributed by atoms with van der Waals surface area (Å²) >= 11 is 0. The van der Waals surface area contributed by atoms with Crippen LogP contribution in [-0.4, -0.2) is 32.6 Å². The van der Waals surface area contributed by atoms with Crippen LogP contribution in [-0.2, 0) is 7.05 Å². The van der Waals surface area contributed by atoms with E-state index >= 15 is 0 Å². The van der Waals surface area contributed by atoms with Crippen LogP contribution < -0.4 is 11.0 Å². The number of H-pyrrole nitrogens is 1. The second-order valence-electron chi connectivity index (χ2n) is 4.87. The third kappa shape index (κ3) is 1.73. The third-order valence-corrected chi connectivity index (χ3v) is 3.61. The van der Waals surface area contributed by atoms with Crippen molar-refractivity contribution >= 4 is 11.2 Å². The van der Waals surface area contributed by atoms with Crippen LogP contribution >= 0.6 is 0 Å². The fraction of sp³-hybridized carbons (Fsp3) is 0.583. The van der Waals surface area contributed by atoms with E-state index in [9.17, 15) is 4.79 Å². The number of piperidine rings is 1. The molecule has 0 saturated carbocycles. The number of aromatic nitrogens is 4. The number of imidazole rings is 1. The van der Waals surface area contributed by atoms with E-state index in [1.54, 1.807) is 11.6 Å². The number of hydrogen-bond acceptors (Lipinski definition) is 4. The first kappa shape index (κ1) is 11.4. The molecule has 1 aliphatic rings. The van der Waals surface area contributed by atoms with E-state index in [0.717, 1.165) is 43.0 Å². The first-order valence-corrected chi connectivity index (χ1v) is 6.31. The molecule has 1 fully saturated rings. The third-order valence-electron chi connectivity index (χ3n) is 3.61. The van der Waals surface area contributed by atoms with Gasteiger partial charge in [0.05, 0.1) is 5.69 Å². The molecule has 3 heterocycles. The van der Waals surface area contributed by atoms with Crippen LogP contribution in [0.4, 0.5) is 0 Å². The summed E-state index contributed by atoms with van der Waals surface area (Å²) in [5, 5.41) is 3.34. The Kier molecular flexibility index (Phi) is 2.66. The zero-order valence-corrected chi connectivity index (χ0v) is 10.7. The average molecular weight is 247 g/mol. The second-order valence-corrected chi connectivity index (χ2v) is 4.87. The lowest BCUT2D eigenvalue weighted by molar-refractivity contribution is 0.454. The summed E-state index contributed by atoms with van der Waals surface area (Å²) in [6, 6.07) is 0. The van der Waals surface area contributed by atoms with Crippen LogP contribution in [0, 0.1) is 6.92 Å². The van der Waals surface area contributed by atoms with E-state index in [4.69, 9.17) is 0 Å². The summed E-state index contributed by atoms with van der Waals surface area (Å²) in [4.78, 5) is 23.5. The zero-order chi connectivity index (χ0) is 12.7. The minimum Gasteiger partial charge on any atom is -0.317 e. The quantitative estimate of drug-likeness (QED) is 0.766. The molecule has 2 N–H and O–H groups in total. The molecular formula is C12H17N5O. The minimum atomic E-state index is -0.125. The van der Waals surface area contributed by atoms with Gasteiger partial charge in [-0.2, -0.15) is 0 Å². The summed E-state index contributed by atoms with van der Waals surface area (Å²) < 4.78 is 1.55. The van der Waals surface area contributed by atoms with Crippen LogP contribution in [0.15, 0.2) is 4.79 Å². The van der Waals surface area contributed by atoms with Crippen molar-refractivity contribution in [1.29, 1.82) is 0 Å². The molecule has 0 radical (unpaired) electrons. The SMILES string of the molecule is Cc1nc(C2CCNCC2)c2[nH]c(=O)n(C)c2n1. The van der Waals surface area contributed by atoms with Gasteiger partial charge in [-0.1, -0.05) is 0 Å². The normalized spacial score (nSPS) is 17.4. The molecule has 0 aliphatic carbocycles. The topological polar surface area (TPSA) is 75.6 Å². The highest BCUT2D eigenvalue weighted by Gasteiger charge is 2.22. The van der Waals surface area contributed by atoms with Gasteiger partial charge in [0.25, 0.3) is 0 Å². The van der Waals surface area contributed by atoms with Crippen molar-refractivity contribution in [3.63, 3.8) is 0 Å². The molecule has 0 unspecified atom stereocenters. The van der Waals surface area contributed by atoms with Crippen molar-refractivity contribution in [3.8, 4) is 0 Å². The Balaban J connectivity index is 2.21. The molecule has 2 aromatic heterocycles. The highest BCUT2D eigenvalue weighted by molar-refractivity contribution is 5.74. The number of nitrogens with zero attached hydrogens (tertiary/aromatic N) is 3. The minimum absolute atomic E-state index is 0.125. The van der Waals surface area contributed by atoms with Crippen LogP contribution in [0.5, 0.6) is 0 Å². The number of nitrogens with one attached hydrogen (secondary N) is 2. The van der Waals surface area contributed by atoms with Gasteiger partial charge in [0.1, 0.15) is 11.3 Å². The van der Waals surface area contributed by atoms with E-state index in [1.807, 2.05) is 6.92 Å². The van der Waals surface area contributed by atoms with Crippen molar-refractivity contribution in [3.05, 3.63) is 22.0 Å². The Labute approximate surface area is 104 Å². The summed E-state index contributed by atoms with van der Waals surface area (Å²) in [7, 11) is 1.74. The lowest BCUT2D eigenvalue weighted by atomic mass is 9.94. The number of hydrogen-bond donors (Lipinski definition) is 2. The van der Waals surface area contributed by atoms with Crippen LogP contribution in [0.25, 0.3) is 11.2 Å². The predicted octanol–water partition coefficient (Wildman–Crippen LogP) is 0.432. The Morgan fingerprint density at radius 3 is 2.72 bits per heavy atom. The summed E-state index contributed by atoms with van der Waals surface area (Å²) in [5.41, 5.74) is 2.39. The van der Waals surface area contributed by atoms with E-state index in [-0.39, 0.29) is 5.69 Å². The van der Waals surface area contributed by atoms with Gasteiger partial charge in [-0.05, 0) is 32.9 Å². The summed E-state index contributed by atoms with van der Waals surface area (Å²) in [6.07, 6.45) is 2.12. The van der Waals surface area contributed by atoms with E-state index in [0.29, 0.717) is 11.6 Å². The van der Waals surface area contributed by atoms with Gasteiger partial charge in [0.15, 0.2) is 5.65 Å². The maximum atomic E-state index is 11.7. The Morgan fingerprint density at radius 1 is 1.28 bits per heavy atom. The van der Waals surface area contributed by atoms with Gasteiger partial charge < -0.3 is 10.3 Å². The molecule has 1 aliphatic heterocycles. The zero-order valence-electron chi connectivity index (χ0n) is 10.7. The van der Waals surface area contributed by atoms with E-state index in [2.05, 4.69) is 20.3 Å². The summed E-state index contributed by atoms with van der Waals surface area (Å²) in [5.74, 6) is 1.14. The van der Waals surface area contributed by atoms with Gasteiger partial charge in [-0.3, -0.25) is 4.57 Å². The Morgan fingerprint density at radius 2 is 2.00 bits per heavy atom. The van der Waals surface area contributed by atoms with Crippen LogP contribution in [0.3, 0.4) is 0 Å². The smallest absolute Gasteiger partial charge is 0.317 e. The molecule has 0 spiro atoms. The maximum Gasteiger partial charge on any atom is 0.327 e. The first-order valence-electron chi connectivity index (χ1n) is 6.31. The van der Waals surface area contributed by atoms with Crippen molar-refractivity contribution in [2.24, 2.45) is 7.05 Å². The van der Waals surface area contributed by atoms with Crippen LogP contribution in [0.1, 0.15) is 30.3 Å². The highest BCUT2D eigenvalue weighted by atomic mass is 16.1. The first-order chi connectivity index (χ1) is 8.66. The Bertz CT molecular complexity index is 636. The van der Waals surface area contributed by atoms with Gasteiger partial charge in [0.2, 0.25) is 0 Å². The Hall–Kier alpha value is -1.69. The van der Waals surface area contributed by atoms with Crippen LogP contribution in [0.2, 0.25) is 0 Å². The predicted molar refractivity (Wildman–Crippen MR) is 68.7 cm³/mol. The number of fused-ring (bicyclic) bond motifs is 1. The fourth-order valence-corrected chi connectivity index (χ4v) is 2.62. The monoisotopic (exact) mass is 247 g/mol. The largest absolute Gasteiger partial charge is 0.327 e. The van der Waals surface area contributed by atoms with Crippen molar-refractivity contribution in [2.45, 2.75) is 25.7 Å². The highest BCUT2D eigenvalue weighted by Crippen LogP contribution is 2.27. The van der Waals surface area contributed by atoms with Gasteiger partial charge in [-0.25, -0.2) is 14.8 Å². The van der Waals surface area contributed by atoms with Gasteiger partial charge >= 0.3 is 5.69 Å². The average Bonchev–Trinajstić information content (AvgIpc) is 2.66. The second kappa shape index (κ2) is 4.20.